The number of hydrogen-bond acceptors (Lipinski definition) is 3. The zero-order valence-corrected chi connectivity index (χ0v) is 12.6. The Kier molecular flexibility index (Phi) is 4.51. The highest BCUT2D eigenvalue weighted by atomic mass is 16.5. The molecule has 2 fully saturated rings. The molecule has 0 aromatic carbocycles. The van der Waals surface area contributed by atoms with Crippen molar-refractivity contribution in [2.24, 2.45) is 5.41 Å². The molecule has 2 N–H and O–H groups in total. The molecular formula is C15H28N2O2. The maximum Gasteiger partial charge on any atom is 0.226 e. The molecule has 1 atom stereocenters. The second kappa shape index (κ2) is 5.80. The smallest absolute Gasteiger partial charge is 0.226 e. The first kappa shape index (κ1) is 14.8. The third-order valence-corrected chi connectivity index (χ3v) is 4.63. The molecule has 2 aliphatic rings. The lowest BCUT2D eigenvalue weighted by Crippen LogP contribution is -2.44. The number of carbonyl (C=O) groups excluding carboxylic acids is 1. The van der Waals surface area contributed by atoms with Crippen LogP contribution in [-0.4, -0.2) is 37.7 Å². The normalized spacial score (nSPS) is 25.9. The van der Waals surface area contributed by atoms with Gasteiger partial charge in [0, 0.05) is 20.1 Å². The lowest BCUT2D eigenvalue weighted by Gasteiger charge is -2.26. The molecule has 0 aromatic rings. The highest BCUT2D eigenvalue weighted by molar-refractivity contribution is 5.81. The molecule has 1 saturated carbocycles. The summed E-state index contributed by atoms with van der Waals surface area (Å²) in [5.41, 5.74) is -0.152. The third kappa shape index (κ3) is 3.48. The van der Waals surface area contributed by atoms with Crippen LogP contribution >= 0.6 is 0 Å². The summed E-state index contributed by atoms with van der Waals surface area (Å²) in [7, 11) is 1.69. The van der Waals surface area contributed by atoms with E-state index in [2.05, 4.69) is 10.6 Å². The van der Waals surface area contributed by atoms with E-state index in [0.29, 0.717) is 12.6 Å². The monoisotopic (exact) mass is 268 g/mol. The van der Waals surface area contributed by atoms with E-state index in [1.807, 2.05) is 13.8 Å². The maximum atomic E-state index is 11.7. The lowest BCUT2D eigenvalue weighted by atomic mass is 9.92. The summed E-state index contributed by atoms with van der Waals surface area (Å²) >= 11 is 0. The summed E-state index contributed by atoms with van der Waals surface area (Å²) in [6.07, 6.45) is 7.85. The zero-order valence-electron chi connectivity index (χ0n) is 12.6. The first-order valence-electron chi connectivity index (χ1n) is 7.58. The Hall–Kier alpha value is -0.610. The molecule has 1 saturated heterocycles. The minimum atomic E-state index is -0.363. The van der Waals surface area contributed by atoms with Crippen LogP contribution < -0.4 is 10.6 Å². The molecule has 110 valence electrons. The number of rotatable bonds is 5. The van der Waals surface area contributed by atoms with Crippen LogP contribution in [0.25, 0.3) is 0 Å². The van der Waals surface area contributed by atoms with Gasteiger partial charge in [-0.2, -0.15) is 0 Å². The Balaban J connectivity index is 1.71. The fourth-order valence-electron chi connectivity index (χ4n) is 3.39. The topological polar surface area (TPSA) is 50.4 Å². The van der Waals surface area contributed by atoms with E-state index in [4.69, 9.17) is 4.74 Å². The van der Waals surface area contributed by atoms with E-state index in [1.54, 1.807) is 7.05 Å². The van der Waals surface area contributed by atoms with Crippen molar-refractivity contribution in [1.29, 1.82) is 0 Å². The van der Waals surface area contributed by atoms with Crippen LogP contribution in [-0.2, 0) is 9.53 Å². The van der Waals surface area contributed by atoms with E-state index in [1.165, 1.54) is 32.1 Å². The minimum absolute atomic E-state index is 0.0830. The molecule has 0 bridgehead atoms. The number of nitrogens with one attached hydrogen (secondary N) is 2. The van der Waals surface area contributed by atoms with Crippen LogP contribution in [0.3, 0.4) is 0 Å². The second-order valence-corrected chi connectivity index (χ2v) is 6.76. The van der Waals surface area contributed by atoms with Crippen molar-refractivity contribution in [2.45, 2.75) is 64.1 Å². The van der Waals surface area contributed by atoms with Crippen molar-refractivity contribution in [3.05, 3.63) is 0 Å². The second-order valence-electron chi connectivity index (χ2n) is 6.76. The summed E-state index contributed by atoms with van der Waals surface area (Å²) in [4.78, 5) is 11.7. The van der Waals surface area contributed by atoms with Crippen LogP contribution in [0.2, 0.25) is 0 Å². The molecule has 1 aliphatic heterocycles. The number of ether oxygens (including phenoxy) is 1. The highest BCUT2D eigenvalue weighted by Crippen LogP contribution is 2.43. The summed E-state index contributed by atoms with van der Waals surface area (Å²) in [6.45, 7) is 5.49. The molecule has 19 heavy (non-hydrogen) atoms. The third-order valence-electron chi connectivity index (χ3n) is 4.63. The average Bonchev–Trinajstić information content (AvgIpc) is 2.99. The quantitative estimate of drug-likeness (QED) is 0.800. The van der Waals surface area contributed by atoms with E-state index in [-0.39, 0.29) is 16.9 Å². The van der Waals surface area contributed by atoms with Crippen LogP contribution in [0, 0.1) is 5.41 Å². The number of hydrogen-bond donors (Lipinski definition) is 2. The molecule has 1 aliphatic carbocycles. The van der Waals surface area contributed by atoms with Gasteiger partial charge in [-0.05, 0) is 39.5 Å². The minimum Gasteiger partial charge on any atom is -0.370 e. The van der Waals surface area contributed by atoms with Gasteiger partial charge in [0.15, 0.2) is 0 Å². The fraction of sp³-hybridized carbons (Fsp3) is 0.933. The summed E-state index contributed by atoms with van der Waals surface area (Å²) < 4.78 is 6.25. The van der Waals surface area contributed by atoms with Crippen molar-refractivity contribution < 1.29 is 9.53 Å². The van der Waals surface area contributed by atoms with Gasteiger partial charge in [-0.25, -0.2) is 0 Å². The average molecular weight is 268 g/mol. The first-order chi connectivity index (χ1) is 8.97. The van der Waals surface area contributed by atoms with Gasteiger partial charge in [-0.15, -0.1) is 0 Å². The Morgan fingerprint density at radius 3 is 2.63 bits per heavy atom. The van der Waals surface area contributed by atoms with Gasteiger partial charge >= 0.3 is 0 Å². The van der Waals surface area contributed by atoms with Gasteiger partial charge in [-0.3, -0.25) is 4.79 Å². The van der Waals surface area contributed by atoms with Crippen LogP contribution in [0.15, 0.2) is 0 Å². The molecule has 1 amide bonds. The molecule has 0 radical (unpaired) electrons. The van der Waals surface area contributed by atoms with E-state index < -0.39 is 0 Å². The Bertz CT molecular complexity index is 322. The predicted octanol–water partition coefficient (Wildman–Crippen LogP) is 1.84. The van der Waals surface area contributed by atoms with Crippen molar-refractivity contribution in [3.63, 3.8) is 0 Å². The maximum absolute atomic E-state index is 11.7. The molecule has 1 spiro atoms. The molecule has 4 heteroatoms. The lowest BCUT2D eigenvalue weighted by molar-refractivity contribution is -0.128. The van der Waals surface area contributed by atoms with Gasteiger partial charge < -0.3 is 15.4 Å². The van der Waals surface area contributed by atoms with Gasteiger partial charge in [-0.1, -0.05) is 12.8 Å². The van der Waals surface area contributed by atoms with Crippen molar-refractivity contribution >= 4 is 5.91 Å². The van der Waals surface area contributed by atoms with Gasteiger partial charge in [0.2, 0.25) is 5.91 Å². The van der Waals surface area contributed by atoms with Crippen molar-refractivity contribution in [2.75, 3.05) is 20.1 Å². The van der Waals surface area contributed by atoms with E-state index >= 15 is 0 Å². The first-order valence-corrected chi connectivity index (χ1v) is 7.58. The molecule has 4 nitrogen and oxygen atoms in total. The van der Waals surface area contributed by atoms with Crippen molar-refractivity contribution in [3.8, 4) is 0 Å². The summed E-state index contributed by atoms with van der Waals surface area (Å²) in [5, 5.41) is 6.12. The molecule has 2 rings (SSSR count). The SMILES string of the molecule is CNC(=O)C(C)(C)CNCC1CCC2(CCCC2)O1. The zero-order chi connectivity index (χ0) is 13.9. The summed E-state index contributed by atoms with van der Waals surface area (Å²) in [6, 6.07) is 0. The van der Waals surface area contributed by atoms with Gasteiger partial charge in [0.25, 0.3) is 0 Å². The van der Waals surface area contributed by atoms with E-state index in [0.717, 1.165) is 13.0 Å². The van der Waals surface area contributed by atoms with E-state index in [9.17, 15) is 4.79 Å². The van der Waals surface area contributed by atoms with Crippen LogP contribution in [0.1, 0.15) is 52.4 Å². The predicted molar refractivity (Wildman–Crippen MR) is 76.0 cm³/mol. The Labute approximate surface area is 116 Å². The Morgan fingerprint density at radius 1 is 1.32 bits per heavy atom. The largest absolute Gasteiger partial charge is 0.370 e. The van der Waals surface area contributed by atoms with Crippen LogP contribution in [0.5, 0.6) is 0 Å². The van der Waals surface area contributed by atoms with Gasteiger partial charge in [0.1, 0.15) is 0 Å². The Morgan fingerprint density at radius 2 is 2.00 bits per heavy atom. The standard InChI is InChI=1S/C15H28N2O2/c1-14(2,13(18)16-3)11-17-10-12-6-9-15(19-12)7-4-5-8-15/h12,17H,4-11H2,1-3H3,(H,16,18). The molecule has 0 aromatic heterocycles. The van der Waals surface area contributed by atoms with Crippen LogP contribution in [0.4, 0.5) is 0 Å². The number of amides is 1. The molecule has 1 heterocycles. The van der Waals surface area contributed by atoms with Gasteiger partial charge in [0.05, 0.1) is 17.1 Å². The summed E-state index contributed by atoms with van der Waals surface area (Å²) in [5.74, 6) is 0.0830. The fourth-order valence-corrected chi connectivity index (χ4v) is 3.39. The molecular weight excluding hydrogens is 240 g/mol. The van der Waals surface area contributed by atoms with Crippen molar-refractivity contribution in [1.82, 2.24) is 10.6 Å². The molecule has 1 unspecified atom stereocenters. The highest BCUT2D eigenvalue weighted by Gasteiger charge is 2.42. The number of carbonyl (C=O) groups is 1.